The maximum absolute atomic E-state index is 5.12. The predicted molar refractivity (Wildman–Crippen MR) is 59.5 cm³/mol. The molecule has 4 nitrogen and oxygen atoms in total. The standard InChI is InChI=1S/C11H15N3O/c1-15-9-4-3-8-10(13-9)14-11(7-12-8)5-2-6-11/h3-4,12H,2,5-7H2,1H3,(H,13,14). The van der Waals surface area contributed by atoms with Gasteiger partial charge in [-0.25, -0.2) is 0 Å². The normalized spacial score (nSPS) is 20.9. The van der Waals surface area contributed by atoms with Crippen LogP contribution in [0.3, 0.4) is 0 Å². The third-order valence-corrected chi connectivity index (χ3v) is 3.39. The van der Waals surface area contributed by atoms with Gasteiger partial charge in [0.2, 0.25) is 5.88 Å². The first-order chi connectivity index (χ1) is 7.31. The fraction of sp³-hybridized carbons (Fsp3) is 0.545. The molecule has 1 aliphatic carbocycles. The van der Waals surface area contributed by atoms with Gasteiger partial charge in [-0.15, -0.1) is 0 Å². The third-order valence-electron chi connectivity index (χ3n) is 3.39. The Labute approximate surface area is 89.0 Å². The fourth-order valence-corrected chi connectivity index (χ4v) is 2.26. The van der Waals surface area contributed by atoms with E-state index in [2.05, 4.69) is 15.6 Å². The monoisotopic (exact) mass is 205 g/mol. The van der Waals surface area contributed by atoms with E-state index in [-0.39, 0.29) is 5.54 Å². The molecular formula is C11H15N3O. The zero-order chi connectivity index (χ0) is 10.3. The average molecular weight is 205 g/mol. The van der Waals surface area contributed by atoms with Crippen LogP contribution in [0.2, 0.25) is 0 Å². The highest BCUT2D eigenvalue weighted by molar-refractivity contribution is 5.69. The number of rotatable bonds is 1. The van der Waals surface area contributed by atoms with E-state index in [0.29, 0.717) is 5.88 Å². The highest BCUT2D eigenvalue weighted by atomic mass is 16.5. The van der Waals surface area contributed by atoms with Gasteiger partial charge in [0.1, 0.15) is 0 Å². The van der Waals surface area contributed by atoms with Crippen molar-refractivity contribution in [3.8, 4) is 5.88 Å². The van der Waals surface area contributed by atoms with Gasteiger partial charge in [-0.3, -0.25) is 0 Å². The minimum Gasteiger partial charge on any atom is -0.481 e. The van der Waals surface area contributed by atoms with Gasteiger partial charge in [0.05, 0.1) is 18.3 Å². The van der Waals surface area contributed by atoms with Gasteiger partial charge in [0.25, 0.3) is 0 Å². The maximum Gasteiger partial charge on any atom is 0.215 e. The number of nitrogens with one attached hydrogen (secondary N) is 2. The number of ether oxygens (including phenoxy) is 1. The summed E-state index contributed by atoms with van der Waals surface area (Å²) in [7, 11) is 1.64. The van der Waals surface area contributed by atoms with E-state index in [1.54, 1.807) is 7.11 Å². The molecule has 0 amide bonds. The Balaban J connectivity index is 1.92. The van der Waals surface area contributed by atoms with Crippen LogP contribution in [0.5, 0.6) is 5.88 Å². The summed E-state index contributed by atoms with van der Waals surface area (Å²) in [6.07, 6.45) is 3.78. The van der Waals surface area contributed by atoms with E-state index in [1.807, 2.05) is 12.1 Å². The number of fused-ring (bicyclic) bond motifs is 1. The van der Waals surface area contributed by atoms with Gasteiger partial charge in [0.15, 0.2) is 5.82 Å². The van der Waals surface area contributed by atoms with Gasteiger partial charge < -0.3 is 15.4 Å². The second-order valence-corrected chi connectivity index (χ2v) is 4.36. The van der Waals surface area contributed by atoms with Crippen molar-refractivity contribution in [2.45, 2.75) is 24.8 Å². The average Bonchev–Trinajstić information content (AvgIpc) is 2.25. The van der Waals surface area contributed by atoms with Crippen LogP contribution in [0.15, 0.2) is 12.1 Å². The van der Waals surface area contributed by atoms with Crippen LogP contribution >= 0.6 is 0 Å². The van der Waals surface area contributed by atoms with E-state index in [4.69, 9.17) is 4.74 Å². The van der Waals surface area contributed by atoms with Gasteiger partial charge in [-0.2, -0.15) is 4.98 Å². The molecule has 1 spiro atoms. The van der Waals surface area contributed by atoms with E-state index in [0.717, 1.165) is 18.1 Å². The van der Waals surface area contributed by atoms with Gasteiger partial charge >= 0.3 is 0 Å². The van der Waals surface area contributed by atoms with Gasteiger partial charge in [-0.1, -0.05) is 0 Å². The Morgan fingerprint density at radius 3 is 2.93 bits per heavy atom. The number of aromatic nitrogens is 1. The Hall–Kier alpha value is -1.45. The second kappa shape index (κ2) is 3.02. The van der Waals surface area contributed by atoms with Crippen molar-refractivity contribution < 1.29 is 4.74 Å². The van der Waals surface area contributed by atoms with Crippen LogP contribution in [0, 0.1) is 0 Å². The Morgan fingerprint density at radius 2 is 2.27 bits per heavy atom. The SMILES string of the molecule is COc1ccc2c(n1)NC1(CCC1)CN2. The molecule has 1 aromatic rings. The molecule has 0 atom stereocenters. The lowest BCUT2D eigenvalue weighted by Crippen LogP contribution is -2.53. The molecule has 15 heavy (non-hydrogen) atoms. The van der Waals surface area contributed by atoms with Crippen molar-refractivity contribution in [1.82, 2.24) is 4.98 Å². The first kappa shape index (κ1) is 8.83. The van der Waals surface area contributed by atoms with Crippen LogP contribution in [0.1, 0.15) is 19.3 Å². The first-order valence-corrected chi connectivity index (χ1v) is 5.38. The van der Waals surface area contributed by atoms with Crippen molar-refractivity contribution in [2.75, 3.05) is 24.3 Å². The molecule has 2 N–H and O–H groups in total. The van der Waals surface area contributed by atoms with Crippen LogP contribution in [0.4, 0.5) is 11.5 Å². The van der Waals surface area contributed by atoms with Crippen molar-refractivity contribution >= 4 is 11.5 Å². The summed E-state index contributed by atoms with van der Waals surface area (Å²) >= 11 is 0. The topological polar surface area (TPSA) is 46.2 Å². The van der Waals surface area contributed by atoms with Crippen molar-refractivity contribution in [3.05, 3.63) is 12.1 Å². The molecule has 0 saturated heterocycles. The zero-order valence-electron chi connectivity index (χ0n) is 8.84. The number of pyridine rings is 1. The summed E-state index contributed by atoms with van der Waals surface area (Å²) in [6.45, 7) is 1.01. The summed E-state index contributed by atoms with van der Waals surface area (Å²) in [5.41, 5.74) is 1.33. The number of methoxy groups -OCH3 is 1. The van der Waals surface area contributed by atoms with E-state index in [1.165, 1.54) is 19.3 Å². The molecule has 0 unspecified atom stereocenters. The van der Waals surface area contributed by atoms with E-state index in [9.17, 15) is 0 Å². The van der Waals surface area contributed by atoms with Crippen molar-refractivity contribution in [1.29, 1.82) is 0 Å². The van der Waals surface area contributed by atoms with Crippen LogP contribution in [-0.4, -0.2) is 24.2 Å². The molecule has 0 radical (unpaired) electrons. The molecular weight excluding hydrogens is 190 g/mol. The summed E-state index contributed by atoms with van der Waals surface area (Å²) in [5, 5.41) is 6.96. The largest absolute Gasteiger partial charge is 0.481 e. The number of hydrogen-bond acceptors (Lipinski definition) is 4. The maximum atomic E-state index is 5.12. The Bertz CT molecular complexity index is 387. The molecule has 80 valence electrons. The highest BCUT2D eigenvalue weighted by Gasteiger charge is 2.40. The molecule has 2 heterocycles. The lowest BCUT2D eigenvalue weighted by molar-refractivity contribution is 0.289. The summed E-state index contributed by atoms with van der Waals surface area (Å²) in [4.78, 5) is 4.41. The summed E-state index contributed by atoms with van der Waals surface area (Å²) < 4.78 is 5.12. The minimum atomic E-state index is 0.256. The van der Waals surface area contributed by atoms with Crippen molar-refractivity contribution in [2.24, 2.45) is 0 Å². The van der Waals surface area contributed by atoms with Gasteiger partial charge in [-0.05, 0) is 25.3 Å². The van der Waals surface area contributed by atoms with Crippen molar-refractivity contribution in [3.63, 3.8) is 0 Å². The van der Waals surface area contributed by atoms with Crippen LogP contribution in [0.25, 0.3) is 0 Å². The highest BCUT2D eigenvalue weighted by Crippen LogP contribution is 2.40. The van der Waals surface area contributed by atoms with E-state index >= 15 is 0 Å². The third kappa shape index (κ3) is 1.32. The number of nitrogens with zero attached hydrogens (tertiary/aromatic N) is 1. The lowest BCUT2D eigenvalue weighted by atomic mass is 9.76. The molecule has 1 aromatic heterocycles. The quantitative estimate of drug-likeness (QED) is 0.734. The summed E-state index contributed by atoms with van der Waals surface area (Å²) in [5.74, 6) is 1.60. The molecule has 1 aliphatic heterocycles. The van der Waals surface area contributed by atoms with Gasteiger partial charge in [0, 0.05) is 12.6 Å². The number of anilines is 2. The van der Waals surface area contributed by atoms with Crippen LogP contribution < -0.4 is 15.4 Å². The lowest BCUT2D eigenvalue weighted by Gasteiger charge is -2.46. The molecule has 1 fully saturated rings. The molecule has 1 saturated carbocycles. The predicted octanol–water partition coefficient (Wildman–Crippen LogP) is 1.85. The fourth-order valence-electron chi connectivity index (χ4n) is 2.26. The molecule has 3 rings (SSSR count). The van der Waals surface area contributed by atoms with E-state index < -0.39 is 0 Å². The molecule has 2 aliphatic rings. The first-order valence-electron chi connectivity index (χ1n) is 5.38. The smallest absolute Gasteiger partial charge is 0.215 e. The Kier molecular flexibility index (Phi) is 1.78. The molecule has 4 heteroatoms. The second-order valence-electron chi connectivity index (χ2n) is 4.36. The number of hydrogen-bond donors (Lipinski definition) is 2. The summed E-state index contributed by atoms with van der Waals surface area (Å²) in [6, 6.07) is 3.89. The minimum absolute atomic E-state index is 0.256. The molecule has 0 aromatic carbocycles. The Morgan fingerprint density at radius 1 is 1.40 bits per heavy atom. The van der Waals surface area contributed by atoms with Crippen LogP contribution in [-0.2, 0) is 0 Å². The zero-order valence-corrected chi connectivity index (χ0v) is 8.84. The molecule has 0 bridgehead atoms.